The van der Waals surface area contributed by atoms with E-state index >= 15 is 0 Å². The van der Waals surface area contributed by atoms with E-state index in [-0.39, 0.29) is 10.8 Å². The van der Waals surface area contributed by atoms with E-state index in [1.807, 2.05) is 42.6 Å². The van der Waals surface area contributed by atoms with Crippen LogP contribution < -0.4 is 4.74 Å². The fourth-order valence-corrected chi connectivity index (χ4v) is 4.30. The van der Waals surface area contributed by atoms with Crippen molar-refractivity contribution in [3.8, 4) is 5.75 Å². The standard InChI is InChI=1S/C23H21N3O4S/c1-29-17-7-5-6-16(12-17)25-23-26(22(28)20(31-23)13-21(27)30-2)11-10-15-14-24-19-9-4-3-8-18(15)19/h3-9,12-14,24H,10-11H2,1-2H3. The molecule has 1 saturated heterocycles. The second-order valence-corrected chi connectivity index (χ2v) is 7.81. The molecule has 0 bridgehead atoms. The van der Waals surface area contributed by atoms with Crippen LogP contribution in [0, 0.1) is 0 Å². The number of benzene rings is 2. The first-order valence-corrected chi connectivity index (χ1v) is 10.5. The van der Waals surface area contributed by atoms with Gasteiger partial charge in [-0.1, -0.05) is 24.3 Å². The van der Waals surface area contributed by atoms with Crippen molar-refractivity contribution in [3.05, 3.63) is 71.3 Å². The molecular weight excluding hydrogens is 414 g/mol. The summed E-state index contributed by atoms with van der Waals surface area (Å²) in [4.78, 5) is 34.5. The Labute approximate surface area is 183 Å². The average Bonchev–Trinajstić information content (AvgIpc) is 3.33. The predicted molar refractivity (Wildman–Crippen MR) is 121 cm³/mol. The van der Waals surface area contributed by atoms with Gasteiger partial charge in [-0.2, -0.15) is 0 Å². The number of carbonyl (C=O) groups excluding carboxylic acids is 2. The first-order chi connectivity index (χ1) is 15.1. The highest BCUT2D eigenvalue weighted by atomic mass is 32.2. The van der Waals surface area contributed by atoms with E-state index in [0.29, 0.717) is 29.6 Å². The lowest BCUT2D eigenvalue weighted by Gasteiger charge is -2.15. The molecule has 31 heavy (non-hydrogen) atoms. The number of esters is 1. The van der Waals surface area contributed by atoms with Crippen LogP contribution in [-0.2, 0) is 20.7 Å². The maximum atomic E-state index is 13.0. The number of amidine groups is 1. The average molecular weight is 436 g/mol. The number of aromatic nitrogens is 1. The first-order valence-electron chi connectivity index (χ1n) is 9.66. The number of hydrogen-bond donors (Lipinski definition) is 1. The quantitative estimate of drug-likeness (QED) is 0.467. The third-order valence-corrected chi connectivity index (χ3v) is 5.90. The zero-order valence-electron chi connectivity index (χ0n) is 17.1. The molecule has 1 amide bonds. The molecule has 8 heteroatoms. The highest BCUT2D eigenvalue weighted by Crippen LogP contribution is 2.34. The number of methoxy groups -OCH3 is 2. The maximum absolute atomic E-state index is 13.0. The largest absolute Gasteiger partial charge is 0.497 e. The van der Waals surface area contributed by atoms with E-state index < -0.39 is 5.97 Å². The summed E-state index contributed by atoms with van der Waals surface area (Å²) in [6.45, 7) is 0.426. The van der Waals surface area contributed by atoms with Crippen molar-refractivity contribution in [2.75, 3.05) is 20.8 Å². The molecule has 158 valence electrons. The lowest BCUT2D eigenvalue weighted by Crippen LogP contribution is -2.31. The van der Waals surface area contributed by atoms with Crippen molar-refractivity contribution in [2.45, 2.75) is 6.42 Å². The highest BCUT2D eigenvalue weighted by molar-refractivity contribution is 8.18. The minimum absolute atomic E-state index is 0.267. The van der Waals surface area contributed by atoms with E-state index in [2.05, 4.69) is 20.8 Å². The Morgan fingerprint density at radius 1 is 1.19 bits per heavy atom. The Kier molecular flexibility index (Phi) is 6.08. The normalized spacial score (nSPS) is 16.5. The van der Waals surface area contributed by atoms with Gasteiger partial charge in [0, 0.05) is 35.8 Å². The number of H-pyrrole nitrogens is 1. The predicted octanol–water partition coefficient (Wildman–Crippen LogP) is 4.04. The van der Waals surface area contributed by atoms with Crippen molar-refractivity contribution in [1.29, 1.82) is 0 Å². The van der Waals surface area contributed by atoms with Crippen LogP contribution >= 0.6 is 11.8 Å². The molecule has 7 nitrogen and oxygen atoms in total. The summed E-state index contributed by atoms with van der Waals surface area (Å²) in [5.74, 6) is -0.168. The number of aromatic amines is 1. The van der Waals surface area contributed by atoms with Crippen molar-refractivity contribution in [2.24, 2.45) is 4.99 Å². The molecule has 1 aliphatic rings. The van der Waals surface area contributed by atoms with Gasteiger partial charge in [0.25, 0.3) is 5.91 Å². The Hall–Kier alpha value is -3.52. The molecule has 0 radical (unpaired) electrons. The summed E-state index contributed by atoms with van der Waals surface area (Å²) < 4.78 is 9.95. The Morgan fingerprint density at radius 2 is 2.03 bits per heavy atom. The van der Waals surface area contributed by atoms with Gasteiger partial charge in [0.1, 0.15) is 5.75 Å². The van der Waals surface area contributed by atoms with Gasteiger partial charge in [-0.25, -0.2) is 9.79 Å². The number of carbonyl (C=O) groups is 2. The zero-order valence-corrected chi connectivity index (χ0v) is 17.9. The van der Waals surface area contributed by atoms with Crippen molar-refractivity contribution in [1.82, 2.24) is 9.88 Å². The molecule has 0 atom stereocenters. The molecule has 4 rings (SSSR count). The number of amides is 1. The molecular formula is C23H21N3O4S. The summed E-state index contributed by atoms with van der Waals surface area (Å²) in [6.07, 6.45) is 3.81. The molecule has 1 N–H and O–H groups in total. The van der Waals surface area contributed by atoms with Crippen molar-refractivity contribution in [3.63, 3.8) is 0 Å². The van der Waals surface area contributed by atoms with Crippen LogP contribution in [0.4, 0.5) is 5.69 Å². The molecule has 2 heterocycles. The summed E-state index contributed by atoms with van der Waals surface area (Å²) in [7, 11) is 2.87. The Bertz CT molecular complexity index is 1200. The summed E-state index contributed by atoms with van der Waals surface area (Å²) in [6, 6.07) is 15.3. The van der Waals surface area contributed by atoms with Crippen LogP contribution in [0.2, 0.25) is 0 Å². The second-order valence-electron chi connectivity index (χ2n) is 6.80. The summed E-state index contributed by atoms with van der Waals surface area (Å²) in [5.41, 5.74) is 2.82. The molecule has 1 aromatic heterocycles. The fraction of sp³-hybridized carbons (Fsp3) is 0.174. The van der Waals surface area contributed by atoms with Crippen LogP contribution in [0.1, 0.15) is 5.56 Å². The minimum atomic E-state index is -0.574. The number of ether oxygens (including phenoxy) is 2. The van der Waals surface area contributed by atoms with Gasteiger partial charge in [-0.15, -0.1) is 0 Å². The van der Waals surface area contributed by atoms with Crippen LogP contribution in [-0.4, -0.2) is 47.7 Å². The van der Waals surface area contributed by atoms with Gasteiger partial charge in [0.05, 0.1) is 24.8 Å². The molecule has 0 saturated carbocycles. The molecule has 1 aliphatic heterocycles. The molecule has 0 unspecified atom stereocenters. The van der Waals surface area contributed by atoms with E-state index in [4.69, 9.17) is 4.74 Å². The van der Waals surface area contributed by atoms with Crippen LogP contribution in [0.3, 0.4) is 0 Å². The third-order valence-electron chi connectivity index (χ3n) is 4.90. The number of hydrogen-bond acceptors (Lipinski definition) is 6. The lowest BCUT2D eigenvalue weighted by atomic mass is 10.1. The first kappa shape index (κ1) is 20.7. The topological polar surface area (TPSA) is 84.0 Å². The van der Waals surface area contributed by atoms with Gasteiger partial charge in [-0.3, -0.25) is 9.69 Å². The van der Waals surface area contributed by atoms with Gasteiger partial charge < -0.3 is 14.5 Å². The van der Waals surface area contributed by atoms with Gasteiger partial charge in [0.15, 0.2) is 5.17 Å². The number of nitrogens with one attached hydrogen (secondary N) is 1. The van der Waals surface area contributed by atoms with E-state index in [1.54, 1.807) is 18.1 Å². The monoisotopic (exact) mass is 435 g/mol. The number of aliphatic imine (C=N–C) groups is 1. The fourth-order valence-electron chi connectivity index (χ4n) is 3.32. The smallest absolute Gasteiger partial charge is 0.331 e. The molecule has 2 aromatic carbocycles. The number of thioether (sulfide) groups is 1. The minimum Gasteiger partial charge on any atom is -0.497 e. The van der Waals surface area contributed by atoms with Gasteiger partial charge in [-0.05, 0) is 41.9 Å². The third kappa shape index (κ3) is 4.49. The van der Waals surface area contributed by atoms with Crippen LogP contribution in [0.25, 0.3) is 10.9 Å². The van der Waals surface area contributed by atoms with Crippen molar-refractivity contribution < 1.29 is 19.1 Å². The molecule has 3 aromatic rings. The number of para-hydroxylation sites is 1. The number of rotatable bonds is 6. The molecule has 0 aliphatic carbocycles. The van der Waals surface area contributed by atoms with Gasteiger partial charge >= 0.3 is 5.97 Å². The maximum Gasteiger partial charge on any atom is 0.331 e. The second kappa shape index (κ2) is 9.09. The Morgan fingerprint density at radius 3 is 2.84 bits per heavy atom. The zero-order chi connectivity index (χ0) is 21.8. The highest BCUT2D eigenvalue weighted by Gasteiger charge is 2.34. The van der Waals surface area contributed by atoms with E-state index in [9.17, 15) is 9.59 Å². The van der Waals surface area contributed by atoms with Gasteiger partial charge in [0.2, 0.25) is 0 Å². The van der Waals surface area contributed by atoms with E-state index in [0.717, 1.165) is 28.2 Å². The lowest BCUT2D eigenvalue weighted by molar-refractivity contribution is -0.135. The van der Waals surface area contributed by atoms with Crippen LogP contribution in [0.15, 0.2) is 70.7 Å². The Balaban J connectivity index is 1.63. The number of fused-ring (bicyclic) bond motifs is 1. The molecule has 1 fully saturated rings. The van der Waals surface area contributed by atoms with Crippen LogP contribution in [0.5, 0.6) is 5.75 Å². The van der Waals surface area contributed by atoms with E-state index in [1.165, 1.54) is 13.2 Å². The van der Waals surface area contributed by atoms with Crippen molar-refractivity contribution >= 4 is 45.4 Å². The molecule has 0 spiro atoms. The summed E-state index contributed by atoms with van der Waals surface area (Å²) in [5, 5.41) is 1.63. The summed E-state index contributed by atoms with van der Waals surface area (Å²) >= 11 is 1.16. The SMILES string of the molecule is COC(=O)C=C1SC(=Nc2cccc(OC)c2)N(CCc2c[nH]c3ccccc23)C1=O. The number of nitrogens with zero attached hydrogens (tertiary/aromatic N) is 2.